The van der Waals surface area contributed by atoms with Crippen LogP contribution in [-0.4, -0.2) is 23.8 Å². The van der Waals surface area contributed by atoms with Gasteiger partial charge in [-0.15, -0.1) is 0 Å². The number of rotatable bonds is 7. The monoisotopic (exact) mass is 212 g/mol. The largest absolute Gasteiger partial charge is 0.463 e. The molecule has 3 nitrogen and oxygen atoms in total. The normalized spacial score (nSPS) is 13.5. The van der Waals surface area contributed by atoms with Crippen LogP contribution in [0.4, 0.5) is 0 Å². The van der Waals surface area contributed by atoms with Gasteiger partial charge in [0.15, 0.2) is 0 Å². The summed E-state index contributed by atoms with van der Waals surface area (Å²) in [4.78, 5) is 10.8. The van der Waals surface area contributed by atoms with E-state index in [0.29, 0.717) is 6.61 Å². The van der Waals surface area contributed by atoms with Gasteiger partial charge in [-0.25, -0.2) is 4.79 Å². The van der Waals surface area contributed by atoms with E-state index in [2.05, 4.69) is 0 Å². The number of ether oxygens (including phenoxy) is 1. The lowest BCUT2D eigenvalue weighted by molar-refractivity contribution is -0.137. The Morgan fingerprint density at radius 2 is 2.20 bits per heavy atom. The molecular formula is C12H20O3. The Hall–Kier alpha value is -1.09. The minimum Gasteiger partial charge on any atom is -0.463 e. The van der Waals surface area contributed by atoms with Crippen LogP contribution >= 0.6 is 0 Å². The van der Waals surface area contributed by atoms with Gasteiger partial charge in [0.1, 0.15) is 0 Å². The molecule has 0 aromatic carbocycles. The lowest BCUT2D eigenvalue weighted by atomic mass is 10.1. The molecule has 0 aromatic heterocycles. The first-order valence-corrected chi connectivity index (χ1v) is 5.34. The van der Waals surface area contributed by atoms with Gasteiger partial charge in [0.2, 0.25) is 0 Å². The summed E-state index contributed by atoms with van der Waals surface area (Å²) in [6.45, 7) is 3.96. The molecule has 0 aromatic rings. The molecule has 0 saturated carbocycles. The van der Waals surface area contributed by atoms with Crippen molar-refractivity contribution in [2.75, 3.05) is 6.61 Å². The molecule has 0 saturated heterocycles. The van der Waals surface area contributed by atoms with Gasteiger partial charge >= 0.3 is 5.97 Å². The molecule has 0 aliphatic rings. The van der Waals surface area contributed by atoms with Gasteiger partial charge in [0, 0.05) is 6.08 Å². The zero-order valence-corrected chi connectivity index (χ0v) is 9.48. The van der Waals surface area contributed by atoms with Crippen LogP contribution < -0.4 is 0 Å². The van der Waals surface area contributed by atoms with Crippen molar-refractivity contribution in [1.29, 1.82) is 0 Å². The van der Waals surface area contributed by atoms with Crippen molar-refractivity contribution in [2.24, 2.45) is 0 Å². The quantitative estimate of drug-likeness (QED) is 0.304. The highest BCUT2D eigenvalue weighted by molar-refractivity contribution is 5.82. The highest BCUT2D eigenvalue weighted by Crippen LogP contribution is 2.00. The minimum atomic E-state index is -0.314. The molecule has 15 heavy (non-hydrogen) atoms. The van der Waals surface area contributed by atoms with Gasteiger partial charge in [-0.3, -0.25) is 0 Å². The Balaban J connectivity index is 3.49. The van der Waals surface area contributed by atoms with Gasteiger partial charge in [-0.2, -0.15) is 0 Å². The summed E-state index contributed by atoms with van der Waals surface area (Å²) < 4.78 is 4.71. The van der Waals surface area contributed by atoms with Gasteiger partial charge in [0.25, 0.3) is 0 Å². The summed E-state index contributed by atoms with van der Waals surface area (Å²) in [7, 11) is 0. The second-order valence-electron chi connectivity index (χ2n) is 3.32. The number of aliphatic hydroxyl groups is 1. The van der Waals surface area contributed by atoms with Crippen molar-refractivity contribution in [2.45, 2.75) is 39.2 Å². The first kappa shape index (κ1) is 13.9. The van der Waals surface area contributed by atoms with Gasteiger partial charge < -0.3 is 9.84 Å². The molecule has 1 N–H and O–H groups in total. The fraction of sp³-hybridized carbons (Fsp3) is 0.583. The Kier molecular flexibility index (Phi) is 8.78. The molecule has 3 heteroatoms. The standard InChI is InChI=1S/C12H20O3/c1-3-15-12(14)10-8-6-4-5-7-9-11(2)13/h4,6,8,10-11,13H,3,5,7,9H2,1-2H3. The maximum Gasteiger partial charge on any atom is 0.330 e. The van der Waals surface area contributed by atoms with Crippen LogP contribution in [0.3, 0.4) is 0 Å². The number of aliphatic hydroxyl groups excluding tert-OH is 1. The molecule has 0 aliphatic carbocycles. The van der Waals surface area contributed by atoms with Crippen LogP contribution in [0.15, 0.2) is 24.3 Å². The number of carbonyl (C=O) groups excluding carboxylic acids is 1. The molecular weight excluding hydrogens is 192 g/mol. The zero-order valence-electron chi connectivity index (χ0n) is 9.48. The van der Waals surface area contributed by atoms with Gasteiger partial charge in [-0.05, 0) is 33.1 Å². The Morgan fingerprint density at radius 1 is 1.47 bits per heavy atom. The van der Waals surface area contributed by atoms with E-state index in [1.165, 1.54) is 6.08 Å². The number of hydrogen-bond donors (Lipinski definition) is 1. The molecule has 0 rings (SSSR count). The first-order valence-electron chi connectivity index (χ1n) is 5.34. The van der Waals surface area contributed by atoms with Crippen LogP contribution in [0.25, 0.3) is 0 Å². The summed E-state index contributed by atoms with van der Waals surface area (Å²) >= 11 is 0. The maximum atomic E-state index is 10.8. The molecule has 0 radical (unpaired) electrons. The first-order chi connectivity index (χ1) is 7.16. The highest BCUT2D eigenvalue weighted by atomic mass is 16.5. The van der Waals surface area contributed by atoms with Crippen molar-refractivity contribution in [3.63, 3.8) is 0 Å². The zero-order chi connectivity index (χ0) is 11.5. The molecule has 0 spiro atoms. The van der Waals surface area contributed by atoms with Crippen LogP contribution in [0.1, 0.15) is 33.1 Å². The predicted octanol–water partition coefficient (Wildman–Crippen LogP) is 2.21. The molecule has 1 unspecified atom stereocenters. The van der Waals surface area contributed by atoms with E-state index in [-0.39, 0.29) is 12.1 Å². The molecule has 0 fully saturated rings. The number of esters is 1. The van der Waals surface area contributed by atoms with E-state index in [4.69, 9.17) is 9.84 Å². The Labute approximate surface area is 91.4 Å². The second-order valence-corrected chi connectivity index (χ2v) is 3.32. The van der Waals surface area contributed by atoms with Crippen LogP contribution in [0, 0.1) is 0 Å². The van der Waals surface area contributed by atoms with Crippen LogP contribution in [-0.2, 0) is 9.53 Å². The van der Waals surface area contributed by atoms with E-state index in [0.717, 1.165) is 19.3 Å². The molecule has 0 heterocycles. The summed E-state index contributed by atoms with van der Waals surface area (Å²) in [5.74, 6) is -0.314. The van der Waals surface area contributed by atoms with E-state index < -0.39 is 0 Å². The van der Waals surface area contributed by atoms with Gasteiger partial charge in [0.05, 0.1) is 12.7 Å². The molecule has 1 atom stereocenters. The lowest BCUT2D eigenvalue weighted by Crippen LogP contribution is -1.98. The van der Waals surface area contributed by atoms with Crippen molar-refractivity contribution in [1.82, 2.24) is 0 Å². The predicted molar refractivity (Wildman–Crippen MR) is 60.4 cm³/mol. The molecule has 0 amide bonds. The number of hydrogen-bond acceptors (Lipinski definition) is 3. The maximum absolute atomic E-state index is 10.8. The third kappa shape index (κ3) is 10.8. The van der Waals surface area contributed by atoms with E-state index >= 15 is 0 Å². The third-order valence-electron chi connectivity index (χ3n) is 1.76. The van der Waals surface area contributed by atoms with Crippen LogP contribution in [0.2, 0.25) is 0 Å². The average Bonchev–Trinajstić information content (AvgIpc) is 2.16. The van der Waals surface area contributed by atoms with E-state index in [1.54, 1.807) is 19.9 Å². The number of carbonyl (C=O) groups is 1. The fourth-order valence-electron chi connectivity index (χ4n) is 1.03. The molecule has 86 valence electrons. The van der Waals surface area contributed by atoms with Gasteiger partial charge in [-0.1, -0.05) is 18.2 Å². The minimum absolute atomic E-state index is 0.228. The Morgan fingerprint density at radius 3 is 2.80 bits per heavy atom. The number of allylic oxidation sites excluding steroid dienone is 3. The highest BCUT2D eigenvalue weighted by Gasteiger charge is 1.92. The summed E-state index contributed by atoms with van der Waals surface area (Å²) in [6.07, 6.45) is 9.31. The Bertz CT molecular complexity index is 217. The van der Waals surface area contributed by atoms with Crippen LogP contribution in [0.5, 0.6) is 0 Å². The number of unbranched alkanes of at least 4 members (excludes halogenated alkanes) is 1. The molecule has 0 bridgehead atoms. The van der Waals surface area contributed by atoms with Crippen molar-refractivity contribution >= 4 is 5.97 Å². The molecule has 0 aliphatic heterocycles. The van der Waals surface area contributed by atoms with E-state index in [1.807, 2.05) is 12.2 Å². The van der Waals surface area contributed by atoms with Crippen molar-refractivity contribution in [3.8, 4) is 0 Å². The topological polar surface area (TPSA) is 46.5 Å². The third-order valence-corrected chi connectivity index (χ3v) is 1.76. The summed E-state index contributed by atoms with van der Waals surface area (Å²) in [5.41, 5.74) is 0. The summed E-state index contributed by atoms with van der Waals surface area (Å²) in [6, 6.07) is 0. The lowest BCUT2D eigenvalue weighted by Gasteiger charge is -1.99. The second kappa shape index (κ2) is 9.46. The van der Waals surface area contributed by atoms with Crippen molar-refractivity contribution < 1.29 is 14.6 Å². The van der Waals surface area contributed by atoms with Crippen molar-refractivity contribution in [3.05, 3.63) is 24.3 Å². The van der Waals surface area contributed by atoms with E-state index in [9.17, 15) is 4.79 Å². The smallest absolute Gasteiger partial charge is 0.330 e. The SMILES string of the molecule is CCOC(=O)C=CC=CCCCC(C)O. The summed E-state index contributed by atoms with van der Waals surface area (Å²) in [5, 5.41) is 8.99. The fourth-order valence-corrected chi connectivity index (χ4v) is 1.03. The average molecular weight is 212 g/mol.